The minimum Gasteiger partial charge on any atom is -0.497 e. The summed E-state index contributed by atoms with van der Waals surface area (Å²) >= 11 is 6.02. The van der Waals surface area contributed by atoms with E-state index in [0.717, 1.165) is 28.3 Å². The van der Waals surface area contributed by atoms with E-state index in [1.165, 1.54) is 38.1 Å². The van der Waals surface area contributed by atoms with Gasteiger partial charge in [0, 0.05) is 27.8 Å². The van der Waals surface area contributed by atoms with Crippen LogP contribution in [0.2, 0.25) is 24.2 Å². The van der Waals surface area contributed by atoms with Crippen LogP contribution in [-0.2, 0) is 11.2 Å². The van der Waals surface area contributed by atoms with E-state index in [9.17, 15) is 9.59 Å². The maximum Gasteiger partial charge on any atom is 0.262 e. The molecule has 1 amide bonds. The summed E-state index contributed by atoms with van der Waals surface area (Å²) in [7, 11) is 0.107. The number of nitrogens with one attached hydrogen (secondary N) is 1. The minimum atomic E-state index is -1.51. The number of hydrogen-bond acceptors (Lipinski definition) is 3. The third-order valence-electron chi connectivity index (χ3n) is 6.89. The zero-order valence-corrected chi connectivity index (χ0v) is 24.0. The number of rotatable bonds is 12. The molecule has 0 atom stereocenters. The van der Waals surface area contributed by atoms with Crippen LogP contribution in [0.1, 0.15) is 60.6 Å². The number of carbonyl (C=O) groups excluding carboxylic acids is 2. The van der Waals surface area contributed by atoms with Crippen molar-refractivity contribution in [2.75, 3.05) is 13.3 Å². The molecule has 0 unspecified atom stereocenters. The Labute approximate surface area is 221 Å². The van der Waals surface area contributed by atoms with Crippen molar-refractivity contribution in [1.82, 2.24) is 9.88 Å². The number of fused-ring (bicyclic) bond motifs is 1. The van der Waals surface area contributed by atoms with E-state index in [-0.39, 0.29) is 18.2 Å². The summed E-state index contributed by atoms with van der Waals surface area (Å²) in [6, 6.07) is 13.7. The third-order valence-corrected chi connectivity index (χ3v) is 9.99. The summed E-state index contributed by atoms with van der Waals surface area (Å²) in [5, 5.41) is 4.64. The molecule has 0 aliphatic heterocycles. The van der Waals surface area contributed by atoms with Crippen molar-refractivity contribution in [1.29, 1.82) is 0 Å². The zero-order chi connectivity index (χ0) is 26.3. The molecular weight excluding hydrogens is 488 g/mol. The molecule has 0 radical (unpaired) electrons. The van der Waals surface area contributed by atoms with Gasteiger partial charge in [-0.05, 0) is 55.0 Å². The quantitative estimate of drug-likeness (QED) is 0.201. The Kier molecular flexibility index (Phi) is 9.80. The van der Waals surface area contributed by atoms with Crippen LogP contribution in [0.4, 0.5) is 0 Å². The smallest absolute Gasteiger partial charge is 0.262 e. The first-order chi connectivity index (χ1) is 17.2. The van der Waals surface area contributed by atoms with Crippen LogP contribution in [0.5, 0.6) is 5.75 Å². The number of carbonyl (C=O) groups is 2. The zero-order valence-electron chi connectivity index (χ0n) is 22.2. The lowest BCUT2D eigenvalue weighted by molar-refractivity contribution is -0.120. The lowest BCUT2D eigenvalue weighted by Crippen LogP contribution is -2.42. The van der Waals surface area contributed by atoms with Crippen LogP contribution in [0.15, 0.2) is 42.5 Å². The van der Waals surface area contributed by atoms with Crippen LogP contribution in [0.3, 0.4) is 0 Å². The maximum atomic E-state index is 13.5. The highest BCUT2D eigenvalue weighted by atomic mass is 35.5. The van der Waals surface area contributed by atoms with Gasteiger partial charge in [-0.2, -0.15) is 0 Å². The minimum absolute atomic E-state index is 0.00882. The number of nitrogens with zero attached hydrogens (tertiary/aromatic N) is 1. The second-order valence-electron chi connectivity index (χ2n) is 10.4. The first-order valence-corrected chi connectivity index (χ1v) is 16.7. The monoisotopic (exact) mass is 526 g/mol. The molecule has 1 N–H and O–H groups in total. The number of ether oxygens (including phenoxy) is 1. The number of methoxy groups -OCH3 is 1. The van der Waals surface area contributed by atoms with E-state index >= 15 is 0 Å². The first kappa shape index (κ1) is 28.0. The Morgan fingerprint density at radius 3 is 2.39 bits per heavy atom. The predicted molar refractivity (Wildman–Crippen MR) is 152 cm³/mol. The maximum absolute atomic E-state index is 13.5. The predicted octanol–water partition coefficient (Wildman–Crippen LogP) is 7.18. The molecule has 0 bridgehead atoms. The molecule has 0 saturated heterocycles. The molecule has 1 aromatic heterocycles. The van der Waals surface area contributed by atoms with Crippen molar-refractivity contribution in [3.63, 3.8) is 0 Å². The fourth-order valence-electron chi connectivity index (χ4n) is 4.65. The summed E-state index contributed by atoms with van der Waals surface area (Å²) in [5.74, 6) is 0.532. The first-order valence-electron chi connectivity index (χ1n) is 12.9. The summed E-state index contributed by atoms with van der Waals surface area (Å²) in [4.78, 5) is 26.5. The van der Waals surface area contributed by atoms with E-state index in [1.807, 2.05) is 25.1 Å². The number of unbranched alkanes of at least 4 members (excludes halogenated alkanes) is 4. The standard InChI is InChI=1S/C29H39ClN2O3Si/c1-6-7-8-9-10-17-36(4,5)20-31-28(33)19-25-21(2)32(27-16-15-24(35-3)18-26(25)27)29(34)22-11-13-23(30)14-12-22/h11-16,18H,6-10,17,19-20H2,1-5H3,(H,31,33). The third kappa shape index (κ3) is 7.01. The Morgan fingerprint density at radius 2 is 1.72 bits per heavy atom. The summed E-state index contributed by atoms with van der Waals surface area (Å²) in [5.41, 5.74) is 2.92. The highest BCUT2D eigenvalue weighted by Gasteiger charge is 2.24. The van der Waals surface area contributed by atoms with Crippen LogP contribution in [0, 0.1) is 6.92 Å². The molecule has 1 heterocycles. The molecule has 194 valence electrons. The van der Waals surface area contributed by atoms with Gasteiger partial charge in [-0.25, -0.2) is 0 Å². The highest BCUT2D eigenvalue weighted by molar-refractivity contribution is 6.77. The van der Waals surface area contributed by atoms with Crippen LogP contribution >= 0.6 is 11.6 Å². The largest absolute Gasteiger partial charge is 0.497 e. The van der Waals surface area contributed by atoms with Gasteiger partial charge >= 0.3 is 0 Å². The van der Waals surface area contributed by atoms with Crippen LogP contribution in [-0.4, -0.2) is 37.7 Å². The molecule has 5 nitrogen and oxygen atoms in total. The second kappa shape index (κ2) is 12.6. The van der Waals surface area contributed by atoms with Crippen molar-refractivity contribution < 1.29 is 14.3 Å². The molecule has 0 aliphatic carbocycles. The Morgan fingerprint density at radius 1 is 1.03 bits per heavy atom. The van der Waals surface area contributed by atoms with Gasteiger partial charge in [0.2, 0.25) is 5.91 Å². The molecule has 0 saturated carbocycles. The van der Waals surface area contributed by atoms with Gasteiger partial charge in [-0.15, -0.1) is 0 Å². The molecule has 2 aromatic carbocycles. The lowest BCUT2D eigenvalue weighted by atomic mass is 10.1. The SMILES string of the molecule is CCCCCCC[Si](C)(C)CNC(=O)Cc1c(C)n(C(=O)c2ccc(Cl)cc2)c2ccc(OC)cc12. The van der Waals surface area contributed by atoms with Crippen molar-refractivity contribution in [2.24, 2.45) is 0 Å². The molecule has 36 heavy (non-hydrogen) atoms. The topological polar surface area (TPSA) is 60.3 Å². The van der Waals surface area contributed by atoms with Crippen molar-refractivity contribution in [3.05, 3.63) is 64.3 Å². The van der Waals surface area contributed by atoms with E-state index in [2.05, 4.69) is 25.3 Å². The molecule has 3 aromatic rings. The molecular formula is C29H39ClN2O3Si. The molecule has 0 fully saturated rings. The Balaban J connectivity index is 1.80. The second-order valence-corrected chi connectivity index (χ2v) is 16.0. The fourth-order valence-corrected chi connectivity index (χ4v) is 6.84. The van der Waals surface area contributed by atoms with Gasteiger partial charge < -0.3 is 10.1 Å². The van der Waals surface area contributed by atoms with Gasteiger partial charge in [-0.1, -0.05) is 69.8 Å². The van der Waals surface area contributed by atoms with E-state index < -0.39 is 8.07 Å². The summed E-state index contributed by atoms with van der Waals surface area (Å²) in [6.45, 7) is 8.83. The number of halogens is 1. The van der Waals surface area contributed by atoms with E-state index in [4.69, 9.17) is 16.3 Å². The molecule has 0 spiro atoms. The average molecular weight is 527 g/mol. The summed E-state index contributed by atoms with van der Waals surface area (Å²) in [6.07, 6.45) is 7.37. The molecule has 3 rings (SSSR count). The molecule has 7 heteroatoms. The van der Waals surface area contributed by atoms with E-state index in [1.54, 1.807) is 35.9 Å². The Hall–Kier alpha value is -2.57. The lowest BCUT2D eigenvalue weighted by Gasteiger charge is -2.22. The van der Waals surface area contributed by atoms with Gasteiger partial charge in [0.1, 0.15) is 5.75 Å². The van der Waals surface area contributed by atoms with Gasteiger partial charge in [0.15, 0.2) is 0 Å². The van der Waals surface area contributed by atoms with Crippen molar-refractivity contribution in [3.8, 4) is 5.75 Å². The number of benzene rings is 2. The van der Waals surface area contributed by atoms with Crippen LogP contribution in [0.25, 0.3) is 10.9 Å². The van der Waals surface area contributed by atoms with Crippen molar-refractivity contribution in [2.45, 2.75) is 71.5 Å². The normalized spacial score (nSPS) is 11.6. The van der Waals surface area contributed by atoms with Gasteiger partial charge in [-0.3, -0.25) is 14.2 Å². The summed E-state index contributed by atoms with van der Waals surface area (Å²) < 4.78 is 7.13. The number of amides is 1. The van der Waals surface area contributed by atoms with Crippen molar-refractivity contribution >= 4 is 42.4 Å². The average Bonchev–Trinajstić information content (AvgIpc) is 3.13. The highest BCUT2D eigenvalue weighted by Crippen LogP contribution is 2.31. The van der Waals surface area contributed by atoms with Gasteiger partial charge in [0.25, 0.3) is 5.91 Å². The van der Waals surface area contributed by atoms with Crippen LogP contribution < -0.4 is 10.1 Å². The van der Waals surface area contributed by atoms with Gasteiger partial charge in [0.05, 0.1) is 27.1 Å². The number of aromatic nitrogens is 1. The molecule has 0 aliphatic rings. The van der Waals surface area contributed by atoms with E-state index in [0.29, 0.717) is 16.3 Å². The Bertz CT molecular complexity index is 1200. The fraction of sp³-hybridized carbons (Fsp3) is 0.448. The number of hydrogen-bond donors (Lipinski definition) is 1.